The molecule has 0 bridgehead atoms. The van der Waals surface area contributed by atoms with E-state index in [-0.39, 0.29) is 0 Å². The molecule has 3 aromatic carbocycles. The van der Waals surface area contributed by atoms with Gasteiger partial charge in [-0.15, -0.1) is 5.11 Å². The number of benzene rings is 3. The number of nitrogens with zero attached hydrogens (tertiary/aromatic N) is 2. The topological polar surface area (TPSA) is 60.2 Å². The van der Waals surface area contributed by atoms with Crippen LogP contribution < -0.4 is 9.47 Å². The maximum absolute atomic E-state index is 12.3. The zero-order valence-corrected chi connectivity index (χ0v) is 18.4. The lowest BCUT2D eigenvalue weighted by Crippen LogP contribution is -2.08. The average Bonchev–Trinajstić information content (AvgIpc) is 2.78. The van der Waals surface area contributed by atoms with Gasteiger partial charge < -0.3 is 9.47 Å². The molecule has 0 atom stereocenters. The molecule has 3 aromatic rings. The maximum Gasteiger partial charge on any atom is 0.343 e. The van der Waals surface area contributed by atoms with Crippen molar-refractivity contribution >= 4 is 28.9 Å². The molecule has 6 heteroatoms. The van der Waals surface area contributed by atoms with Gasteiger partial charge in [0.1, 0.15) is 17.2 Å². The number of rotatable bonds is 9. The molecule has 160 valence electrons. The van der Waals surface area contributed by atoms with Gasteiger partial charge >= 0.3 is 5.97 Å². The largest absolute Gasteiger partial charge is 0.494 e. The van der Waals surface area contributed by atoms with Crippen LogP contribution in [0.5, 0.6) is 11.5 Å². The highest BCUT2D eigenvalue weighted by atomic mass is 35.5. The van der Waals surface area contributed by atoms with Crippen LogP contribution in [0.15, 0.2) is 77.0 Å². The highest BCUT2D eigenvalue weighted by Gasteiger charge is 2.10. The second kappa shape index (κ2) is 11.3. The number of azo groups is 1. The van der Waals surface area contributed by atoms with Crippen LogP contribution in [0.1, 0.15) is 42.6 Å². The molecular weight excluding hydrogens is 412 g/mol. The standard InChI is InChI=1S/C25H25ClN2O3/c1-3-5-6-18-7-11-20(12-8-18)27-28-24-16-15-22(17-23(24)26)31-25(29)19-9-13-21(14-10-19)30-4-2/h7-17H,3-6H2,1-2H3. The third-order valence-electron chi connectivity index (χ3n) is 4.56. The van der Waals surface area contributed by atoms with Crippen LogP contribution in [-0.4, -0.2) is 12.6 Å². The van der Waals surface area contributed by atoms with Gasteiger partial charge in [-0.3, -0.25) is 0 Å². The molecule has 0 aliphatic heterocycles. The van der Waals surface area contributed by atoms with Crippen molar-refractivity contribution in [2.75, 3.05) is 6.61 Å². The van der Waals surface area contributed by atoms with Crippen molar-refractivity contribution < 1.29 is 14.3 Å². The molecule has 3 rings (SSSR count). The number of unbranched alkanes of at least 4 members (excludes halogenated alkanes) is 1. The Labute approximate surface area is 187 Å². The van der Waals surface area contributed by atoms with Gasteiger partial charge in [-0.1, -0.05) is 37.1 Å². The molecule has 5 nitrogen and oxygen atoms in total. The lowest BCUT2D eigenvalue weighted by molar-refractivity contribution is 0.0735. The first-order valence-corrected chi connectivity index (χ1v) is 10.7. The average molecular weight is 437 g/mol. The molecule has 0 N–H and O–H groups in total. The van der Waals surface area contributed by atoms with E-state index in [9.17, 15) is 4.79 Å². The molecule has 0 aliphatic carbocycles. The van der Waals surface area contributed by atoms with Crippen molar-refractivity contribution in [1.29, 1.82) is 0 Å². The normalized spacial score (nSPS) is 10.9. The van der Waals surface area contributed by atoms with E-state index in [1.54, 1.807) is 42.5 Å². The zero-order chi connectivity index (χ0) is 22.1. The van der Waals surface area contributed by atoms with Crippen LogP contribution in [0.4, 0.5) is 11.4 Å². The zero-order valence-electron chi connectivity index (χ0n) is 17.7. The monoisotopic (exact) mass is 436 g/mol. The molecule has 0 saturated carbocycles. The molecule has 0 spiro atoms. The molecule has 0 heterocycles. The maximum atomic E-state index is 12.3. The SMILES string of the molecule is CCCCc1ccc(N=Nc2ccc(OC(=O)c3ccc(OCC)cc3)cc2Cl)cc1. The van der Waals surface area contributed by atoms with Gasteiger partial charge in [0.05, 0.1) is 22.9 Å². The summed E-state index contributed by atoms with van der Waals surface area (Å²) in [7, 11) is 0. The van der Waals surface area contributed by atoms with E-state index in [2.05, 4.69) is 29.3 Å². The molecule has 0 unspecified atom stereocenters. The second-order valence-corrected chi connectivity index (χ2v) is 7.34. The predicted molar refractivity (Wildman–Crippen MR) is 123 cm³/mol. The summed E-state index contributed by atoms with van der Waals surface area (Å²) in [4.78, 5) is 12.3. The fraction of sp³-hybridized carbons (Fsp3) is 0.240. The Morgan fingerprint density at radius 2 is 1.61 bits per heavy atom. The minimum atomic E-state index is -0.475. The van der Waals surface area contributed by atoms with E-state index in [0.717, 1.165) is 12.1 Å². The number of ether oxygens (including phenoxy) is 2. The first kappa shape index (κ1) is 22.5. The lowest BCUT2D eigenvalue weighted by atomic mass is 10.1. The highest BCUT2D eigenvalue weighted by Crippen LogP contribution is 2.31. The van der Waals surface area contributed by atoms with E-state index < -0.39 is 5.97 Å². The Morgan fingerprint density at radius 1 is 0.903 bits per heavy atom. The summed E-state index contributed by atoms with van der Waals surface area (Å²) in [5.41, 5.74) is 2.96. The third-order valence-corrected chi connectivity index (χ3v) is 4.86. The lowest BCUT2D eigenvalue weighted by Gasteiger charge is -2.07. The van der Waals surface area contributed by atoms with Crippen molar-refractivity contribution in [3.05, 3.63) is 82.9 Å². The number of halogens is 1. The first-order chi connectivity index (χ1) is 15.1. The number of aryl methyl sites for hydroxylation is 1. The van der Waals surface area contributed by atoms with Crippen molar-refractivity contribution in [1.82, 2.24) is 0 Å². The minimum Gasteiger partial charge on any atom is -0.494 e. The fourth-order valence-corrected chi connectivity index (χ4v) is 3.08. The van der Waals surface area contributed by atoms with E-state index in [1.165, 1.54) is 18.4 Å². The van der Waals surface area contributed by atoms with Gasteiger partial charge in [0, 0.05) is 6.07 Å². The van der Waals surface area contributed by atoms with Crippen LogP contribution in [0.3, 0.4) is 0 Å². The van der Waals surface area contributed by atoms with Crippen LogP contribution >= 0.6 is 11.6 Å². The van der Waals surface area contributed by atoms with Gasteiger partial charge in [-0.2, -0.15) is 5.11 Å². The molecule has 0 aliphatic rings. The summed E-state index contributed by atoms with van der Waals surface area (Å²) in [6.45, 7) is 4.65. The summed E-state index contributed by atoms with van der Waals surface area (Å²) in [6.07, 6.45) is 3.41. The van der Waals surface area contributed by atoms with Crippen molar-refractivity contribution in [2.45, 2.75) is 33.1 Å². The molecular formula is C25H25ClN2O3. The van der Waals surface area contributed by atoms with Gasteiger partial charge in [-0.25, -0.2) is 4.79 Å². The Bertz CT molecular complexity index is 1030. The summed E-state index contributed by atoms with van der Waals surface area (Å²) < 4.78 is 10.8. The number of carbonyl (C=O) groups excluding carboxylic acids is 1. The van der Waals surface area contributed by atoms with Gasteiger partial charge in [-0.05, 0) is 73.9 Å². The van der Waals surface area contributed by atoms with Crippen molar-refractivity contribution in [3.63, 3.8) is 0 Å². The second-order valence-electron chi connectivity index (χ2n) is 6.93. The molecule has 0 saturated heterocycles. The summed E-state index contributed by atoms with van der Waals surface area (Å²) in [5, 5.41) is 8.80. The molecule has 0 radical (unpaired) electrons. The van der Waals surface area contributed by atoms with Crippen LogP contribution in [0.25, 0.3) is 0 Å². The van der Waals surface area contributed by atoms with E-state index >= 15 is 0 Å². The Morgan fingerprint density at radius 3 is 2.26 bits per heavy atom. The fourth-order valence-electron chi connectivity index (χ4n) is 2.87. The highest BCUT2D eigenvalue weighted by molar-refractivity contribution is 6.33. The summed E-state index contributed by atoms with van der Waals surface area (Å²) in [6, 6.07) is 19.6. The van der Waals surface area contributed by atoms with Gasteiger partial charge in [0.25, 0.3) is 0 Å². The quantitative estimate of drug-likeness (QED) is 0.196. The molecule has 0 amide bonds. The minimum absolute atomic E-state index is 0.336. The summed E-state index contributed by atoms with van der Waals surface area (Å²) in [5.74, 6) is 0.562. The summed E-state index contributed by atoms with van der Waals surface area (Å²) >= 11 is 6.30. The van der Waals surface area contributed by atoms with E-state index in [1.807, 2.05) is 19.1 Å². The van der Waals surface area contributed by atoms with Crippen LogP contribution in [0.2, 0.25) is 5.02 Å². The van der Waals surface area contributed by atoms with Gasteiger partial charge in [0.2, 0.25) is 0 Å². The van der Waals surface area contributed by atoms with Crippen LogP contribution in [-0.2, 0) is 6.42 Å². The number of hydrogen-bond donors (Lipinski definition) is 0. The number of hydrogen-bond acceptors (Lipinski definition) is 5. The Balaban J connectivity index is 1.62. The van der Waals surface area contributed by atoms with E-state index in [0.29, 0.717) is 34.4 Å². The number of carbonyl (C=O) groups is 1. The molecule has 0 aromatic heterocycles. The number of esters is 1. The van der Waals surface area contributed by atoms with Gasteiger partial charge in [0.15, 0.2) is 0 Å². The Hall–Kier alpha value is -3.18. The predicted octanol–water partition coefficient (Wildman–Crippen LogP) is 7.72. The van der Waals surface area contributed by atoms with Crippen molar-refractivity contribution in [2.24, 2.45) is 10.2 Å². The van der Waals surface area contributed by atoms with Crippen LogP contribution in [0, 0.1) is 0 Å². The van der Waals surface area contributed by atoms with E-state index in [4.69, 9.17) is 21.1 Å². The molecule has 0 fully saturated rings. The first-order valence-electron chi connectivity index (χ1n) is 10.3. The third kappa shape index (κ3) is 6.66. The smallest absolute Gasteiger partial charge is 0.343 e. The Kier molecular flexibility index (Phi) is 8.19. The van der Waals surface area contributed by atoms with Crippen molar-refractivity contribution in [3.8, 4) is 11.5 Å². The molecule has 31 heavy (non-hydrogen) atoms.